The molecule has 4 aromatic heterocycles. The monoisotopic (exact) mass is 590 g/mol. The number of carbonyl (C=O) groups is 1. The van der Waals surface area contributed by atoms with Crippen molar-refractivity contribution in [2.24, 2.45) is 0 Å². The normalized spacial score (nSPS) is 16.7. The van der Waals surface area contributed by atoms with E-state index in [1.807, 2.05) is 65.1 Å². The Labute approximate surface area is 218 Å². The van der Waals surface area contributed by atoms with E-state index >= 15 is 0 Å². The number of benzene rings is 1. The van der Waals surface area contributed by atoms with Crippen LogP contribution in [0.3, 0.4) is 0 Å². The second kappa shape index (κ2) is 8.94. The smallest absolute Gasteiger partial charge is 0.333 e. The van der Waals surface area contributed by atoms with Crippen molar-refractivity contribution < 1.29 is 9.53 Å². The number of aromatic nitrogens is 6. The summed E-state index contributed by atoms with van der Waals surface area (Å²) in [5.74, 6) is -0.477. The molecular formula is C26H19IN6O3. The van der Waals surface area contributed by atoms with Gasteiger partial charge in [-0.15, -0.1) is 0 Å². The van der Waals surface area contributed by atoms with Gasteiger partial charge in [0.15, 0.2) is 15.0 Å². The summed E-state index contributed by atoms with van der Waals surface area (Å²) in [6, 6.07) is 16.4. The zero-order valence-corrected chi connectivity index (χ0v) is 21.0. The van der Waals surface area contributed by atoms with Gasteiger partial charge in [0.05, 0.1) is 17.3 Å². The molecule has 5 aromatic rings. The molecule has 0 saturated carbocycles. The Morgan fingerprint density at radius 2 is 1.94 bits per heavy atom. The third kappa shape index (κ3) is 3.87. The van der Waals surface area contributed by atoms with E-state index in [1.54, 1.807) is 24.7 Å². The zero-order chi connectivity index (χ0) is 24.7. The van der Waals surface area contributed by atoms with Crippen molar-refractivity contribution in [3.05, 3.63) is 104 Å². The van der Waals surface area contributed by atoms with Gasteiger partial charge < -0.3 is 4.74 Å². The van der Waals surface area contributed by atoms with E-state index in [2.05, 4.69) is 25.1 Å². The average molecular weight is 590 g/mol. The van der Waals surface area contributed by atoms with E-state index in [0.717, 1.165) is 22.2 Å². The molecule has 0 radical (unpaired) electrons. The molecule has 9 nitrogen and oxygen atoms in total. The van der Waals surface area contributed by atoms with Crippen LogP contribution in [0.2, 0.25) is 0 Å². The standard InChI is InChI=1S/C26H19IN6O3/c27-25-30-22(19-13-29-32-23(19)31-25)18-8-9-21(34)33(14-18)26(11-17-7-4-10-28-20(17)12-26)24(35)36-15-16-5-2-1-3-6-16/h1-10,13-14H,11-12,15H2,(H,29,30,31,32). The summed E-state index contributed by atoms with van der Waals surface area (Å²) in [5, 5.41) is 7.67. The number of carbonyl (C=O) groups excluding carboxylic acids is 1. The molecule has 1 unspecified atom stereocenters. The number of H-pyrrole nitrogens is 1. The average Bonchev–Trinajstić information content (AvgIpc) is 3.53. The lowest BCUT2D eigenvalue weighted by atomic mass is 9.94. The molecule has 36 heavy (non-hydrogen) atoms. The van der Waals surface area contributed by atoms with Crippen molar-refractivity contribution in [3.8, 4) is 11.3 Å². The molecule has 0 spiro atoms. The predicted molar refractivity (Wildman–Crippen MR) is 140 cm³/mol. The molecule has 1 aliphatic rings. The number of fused-ring (bicyclic) bond motifs is 2. The first kappa shape index (κ1) is 22.5. The zero-order valence-electron chi connectivity index (χ0n) is 18.9. The van der Waals surface area contributed by atoms with Crippen LogP contribution in [0.4, 0.5) is 0 Å². The van der Waals surface area contributed by atoms with Gasteiger partial charge in [0, 0.05) is 65.1 Å². The Morgan fingerprint density at radius 3 is 2.78 bits per heavy atom. The number of aromatic amines is 1. The highest BCUT2D eigenvalue weighted by molar-refractivity contribution is 14.1. The van der Waals surface area contributed by atoms with Gasteiger partial charge in [0.1, 0.15) is 6.61 Å². The molecule has 0 aliphatic heterocycles. The minimum Gasteiger partial charge on any atom is -0.459 e. The van der Waals surface area contributed by atoms with E-state index in [-0.39, 0.29) is 18.6 Å². The minimum atomic E-state index is -1.27. The predicted octanol–water partition coefficient (Wildman–Crippen LogP) is 3.42. The van der Waals surface area contributed by atoms with Crippen LogP contribution in [-0.2, 0) is 34.5 Å². The second-order valence-corrected chi connectivity index (χ2v) is 9.62. The maximum Gasteiger partial charge on any atom is 0.333 e. The van der Waals surface area contributed by atoms with E-state index in [9.17, 15) is 9.59 Å². The number of hydrogen-bond acceptors (Lipinski definition) is 7. The van der Waals surface area contributed by atoms with Crippen LogP contribution in [0.25, 0.3) is 22.3 Å². The van der Waals surface area contributed by atoms with Gasteiger partial charge in [0.2, 0.25) is 0 Å². The van der Waals surface area contributed by atoms with E-state index < -0.39 is 11.5 Å². The number of pyridine rings is 2. The molecule has 178 valence electrons. The second-order valence-electron chi connectivity index (χ2n) is 8.66. The molecule has 6 rings (SSSR count). The highest BCUT2D eigenvalue weighted by atomic mass is 127. The van der Waals surface area contributed by atoms with Crippen molar-refractivity contribution in [1.82, 2.24) is 29.7 Å². The summed E-state index contributed by atoms with van der Waals surface area (Å²) >= 11 is 2.04. The molecule has 1 aromatic carbocycles. The van der Waals surface area contributed by atoms with Crippen molar-refractivity contribution in [2.75, 3.05) is 0 Å². The number of halogens is 1. The Hall–Kier alpha value is -3.93. The Balaban J connectivity index is 1.46. The molecule has 4 heterocycles. The molecule has 1 aliphatic carbocycles. The third-order valence-corrected chi connectivity index (χ3v) is 6.93. The van der Waals surface area contributed by atoms with Crippen LogP contribution >= 0.6 is 22.6 Å². The van der Waals surface area contributed by atoms with E-state index in [0.29, 0.717) is 27.2 Å². The number of ether oxygens (including phenoxy) is 1. The lowest BCUT2D eigenvalue weighted by Crippen LogP contribution is -2.49. The van der Waals surface area contributed by atoms with E-state index in [4.69, 9.17) is 4.74 Å². The fraction of sp³-hybridized carbons (Fsp3) is 0.154. The molecule has 1 N–H and O–H groups in total. The summed E-state index contributed by atoms with van der Waals surface area (Å²) in [6.45, 7) is 0.111. The maximum absolute atomic E-state index is 13.8. The highest BCUT2D eigenvalue weighted by Gasteiger charge is 2.48. The minimum absolute atomic E-state index is 0.111. The summed E-state index contributed by atoms with van der Waals surface area (Å²) in [7, 11) is 0. The first-order chi connectivity index (χ1) is 17.5. The van der Waals surface area contributed by atoms with Crippen LogP contribution in [0.15, 0.2) is 78.0 Å². The van der Waals surface area contributed by atoms with Crippen LogP contribution in [0.5, 0.6) is 0 Å². The van der Waals surface area contributed by atoms with Crippen molar-refractivity contribution in [1.29, 1.82) is 0 Å². The summed E-state index contributed by atoms with van der Waals surface area (Å²) in [5.41, 5.74) is 2.86. The fourth-order valence-electron chi connectivity index (χ4n) is 4.71. The number of rotatable bonds is 5. The van der Waals surface area contributed by atoms with Crippen LogP contribution in [-0.4, -0.2) is 35.7 Å². The first-order valence-corrected chi connectivity index (χ1v) is 12.4. The molecule has 1 atom stereocenters. The van der Waals surface area contributed by atoms with Gasteiger partial charge in [-0.3, -0.25) is 19.4 Å². The Morgan fingerprint density at radius 1 is 1.08 bits per heavy atom. The van der Waals surface area contributed by atoms with Gasteiger partial charge in [-0.2, -0.15) is 5.10 Å². The quantitative estimate of drug-likeness (QED) is 0.190. The topological polar surface area (TPSA) is 116 Å². The molecule has 10 heteroatoms. The lowest BCUT2D eigenvalue weighted by molar-refractivity contribution is -0.155. The number of esters is 1. The first-order valence-electron chi connectivity index (χ1n) is 11.3. The van der Waals surface area contributed by atoms with Gasteiger partial charge in [-0.05, 0) is 23.3 Å². The van der Waals surface area contributed by atoms with Gasteiger partial charge in [0.25, 0.3) is 5.56 Å². The number of nitrogens with zero attached hydrogens (tertiary/aromatic N) is 5. The third-order valence-electron chi connectivity index (χ3n) is 6.45. The summed E-state index contributed by atoms with van der Waals surface area (Å²) in [4.78, 5) is 40.5. The molecule has 0 amide bonds. The molecular weight excluding hydrogens is 571 g/mol. The van der Waals surface area contributed by atoms with Crippen LogP contribution < -0.4 is 5.56 Å². The van der Waals surface area contributed by atoms with Crippen LogP contribution in [0, 0.1) is 3.83 Å². The maximum atomic E-state index is 13.8. The van der Waals surface area contributed by atoms with Crippen molar-refractivity contribution in [3.63, 3.8) is 0 Å². The van der Waals surface area contributed by atoms with Crippen LogP contribution in [0.1, 0.15) is 16.8 Å². The van der Waals surface area contributed by atoms with E-state index in [1.165, 1.54) is 10.6 Å². The van der Waals surface area contributed by atoms with Crippen molar-refractivity contribution in [2.45, 2.75) is 25.0 Å². The summed E-state index contributed by atoms with van der Waals surface area (Å²) in [6.07, 6.45) is 5.58. The highest BCUT2D eigenvalue weighted by Crippen LogP contribution is 2.36. The molecule has 0 fully saturated rings. The molecule has 0 saturated heterocycles. The Kier molecular flexibility index (Phi) is 5.59. The Bertz CT molecular complexity index is 1640. The van der Waals surface area contributed by atoms with Gasteiger partial charge in [-0.25, -0.2) is 14.8 Å². The van der Waals surface area contributed by atoms with Gasteiger partial charge >= 0.3 is 5.97 Å². The molecule has 0 bridgehead atoms. The van der Waals surface area contributed by atoms with Gasteiger partial charge in [-0.1, -0.05) is 36.4 Å². The SMILES string of the molecule is O=C(OCc1ccccc1)C1(n2cc(-c3nc(I)nc4[nH]ncc34)ccc2=O)Cc2cccnc2C1. The van der Waals surface area contributed by atoms with Crippen molar-refractivity contribution >= 4 is 39.6 Å². The lowest BCUT2D eigenvalue weighted by Gasteiger charge is -2.29. The number of nitrogens with one attached hydrogen (secondary N) is 1. The summed E-state index contributed by atoms with van der Waals surface area (Å²) < 4.78 is 7.83. The fourth-order valence-corrected chi connectivity index (χ4v) is 5.19. The largest absolute Gasteiger partial charge is 0.459 e. The number of hydrogen-bond donors (Lipinski definition) is 1.